The molecule has 0 aliphatic carbocycles. The Labute approximate surface area is 98.5 Å². The Bertz CT molecular complexity index is 333. The molecule has 0 saturated carbocycles. The zero-order chi connectivity index (χ0) is 12.0. The number of ether oxygens (including phenoxy) is 1. The summed E-state index contributed by atoms with van der Waals surface area (Å²) in [5, 5.41) is 0. The molecular weight excluding hydrogens is 198 g/mol. The summed E-state index contributed by atoms with van der Waals surface area (Å²) in [6.45, 7) is 4.66. The highest BCUT2D eigenvalue weighted by atomic mass is 16.5. The molecule has 2 nitrogen and oxygen atoms in total. The van der Waals surface area contributed by atoms with E-state index in [4.69, 9.17) is 4.74 Å². The molecule has 0 amide bonds. The highest BCUT2D eigenvalue weighted by molar-refractivity contribution is 5.48. The molecule has 0 aromatic heterocycles. The van der Waals surface area contributed by atoms with Gasteiger partial charge >= 0.3 is 0 Å². The van der Waals surface area contributed by atoms with Gasteiger partial charge in [0.15, 0.2) is 0 Å². The monoisotopic (exact) mass is 219 g/mol. The fourth-order valence-corrected chi connectivity index (χ4v) is 1.70. The van der Waals surface area contributed by atoms with Gasteiger partial charge in [-0.05, 0) is 24.1 Å². The quantitative estimate of drug-likeness (QED) is 0.682. The average molecular weight is 219 g/mol. The van der Waals surface area contributed by atoms with Crippen LogP contribution in [-0.4, -0.2) is 27.8 Å². The van der Waals surface area contributed by atoms with Gasteiger partial charge in [0.2, 0.25) is 0 Å². The fraction of sp³-hybridized carbons (Fsp3) is 0.429. The Morgan fingerprint density at radius 2 is 2.19 bits per heavy atom. The Morgan fingerprint density at radius 3 is 2.75 bits per heavy atom. The molecule has 0 bridgehead atoms. The van der Waals surface area contributed by atoms with Gasteiger partial charge in [-0.2, -0.15) is 0 Å². The van der Waals surface area contributed by atoms with Crippen LogP contribution in [0.15, 0.2) is 36.9 Å². The number of hydrogen-bond donors (Lipinski definition) is 0. The molecule has 0 saturated heterocycles. The Morgan fingerprint density at radius 1 is 1.44 bits per heavy atom. The smallest absolute Gasteiger partial charge is 0.0471 e. The van der Waals surface area contributed by atoms with Crippen molar-refractivity contribution in [3.05, 3.63) is 42.5 Å². The maximum absolute atomic E-state index is 5.12. The van der Waals surface area contributed by atoms with Gasteiger partial charge in [-0.25, -0.2) is 0 Å². The number of benzene rings is 1. The predicted molar refractivity (Wildman–Crippen MR) is 70.2 cm³/mol. The summed E-state index contributed by atoms with van der Waals surface area (Å²) in [6.07, 6.45) is 2.98. The number of allylic oxidation sites excluding steroid dienone is 1. The number of rotatable bonds is 6. The topological polar surface area (TPSA) is 12.5 Å². The van der Waals surface area contributed by atoms with E-state index >= 15 is 0 Å². The summed E-state index contributed by atoms with van der Waals surface area (Å²) >= 11 is 0. The van der Waals surface area contributed by atoms with E-state index in [1.807, 2.05) is 6.08 Å². The van der Waals surface area contributed by atoms with Crippen molar-refractivity contribution >= 4 is 5.69 Å². The normalized spacial score (nSPS) is 12.2. The van der Waals surface area contributed by atoms with Crippen LogP contribution in [0.1, 0.15) is 17.9 Å². The van der Waals surface area contributed by atoms with E-state index in [-0.39, 0.29) is 0 Å². The average Bonchev–Trinajstić information content (AvgIpc) is 2.30. The van der Waals surface area contributed by atoms with E-state index in [1.54, 1.807) is 7.11 Å². The third kappa shape index (κ3) is 3.38. The molecular formula is C14H21NO. The summed E-state index contributed by atoms with van der Waals surface area (Å²) in [7, 11) is 5.84. The van der Waals surface area contributed by atoms with Gasteiger partial charge in [0, 0.05) is 39.4 Å². The Kier molecular flexibility index (Phi) is 5.06. The molecule has 1 aromatic carbocycles. The van der Waals surface area contributed by atoms with Crippen molar-refractivity contribution in [2.45, 2.75) is 12.3 Å². The summed E-state index contributed by atoms with van der Waals surface area (Å²) in [6, 6.07) is 8.56. The van der Waals surface area contributed by atoms with Gasteiger partial charge in [0.05, 0.1) is 0 Å². The highest BCUT2D eigenvalue weighted by Gasteiger charge is 2.08. The standard InChI is InChI=1S/C14H21NO/c1-5-12(9-10-16-4)13-7-6-8-14(11-13)15(2)3/h5-8,11-12H,1,9-10H2,2-4H3. The zero-order valence-corrected chi connectivity index (χ0v) is 10.4. The first kappa shape index (κ1) is 12.8. The van der Waals surface area contributed by atoms with Crippen LogP contribution in [0.25, 0.3) is 0 Å². The van der Waals surface area contributed by atoms with E-state index in [9.17, 15) is 0 Å². The van der Waals surface area contributed by atoms with Crippen LogP contribution in [-0.2, 0) is 4.74 Å². The van der Waals surface area contributed by atoms with Crippen LogP contribution in [0.2, 0.25) is 0 Å². The van der Waals surface area contributed by atoms with Gasteiger partial charge < -0.3 is 9.64 Å². The highest BCUT2D eigenvalue weighted by Crippen LogP contribution is 2.24. The maximum atomic E-state index is 5.12. The summed E-state index contributed by atoms with van der Waals surface area (Å²) in [4.78, 5) is 2.11. The largest absolute Gasteiger partial charge is 0.385 e. The molecule has 2 heteroatoms. The second-order valence-electron chi connectivity index (χ2n) is 4.11. The molecule has 1 aromatic rings. The van der Waals surface area contributed by atoms with Gasteiger partial charge in [-0.1, -0.05) is 18.2 Å². The second-order valence-corrected chi connectivity index (χ2v) is 4.11. The van der Waals surface area contributed by atoms with Crippen molar-refractivity contribution in [2.75, 3.05) is 32.7 Å². The SMILES string of the molecule is C=CC(CCOC)c1cccc(N(C)C)c1. The van der Waals surface area contributed by atoms with Crippen LogP contribution >= 0.6 is 0 Å². The first-order valence-electron chi connectivity index (χ1n) is 5.57. The van der Waals surface area contributed by atoms with Crippen molar-refractivity contribution < 1.29 is 4.74 Å². The predicted octanol–water partition coefficient (Wildman–Crippen LogP) is 3.06. The van der Waals surface area contributed by atoms with E-state index < -0.39 is 0 Å². The second kappa shape index (κ2) is 6.33. The lowest BCUT2D eigenvalue weighted by molar-refractivity contribution is 0.191. The van der Waals surface area contributed by atoms with Gasteiger partial charge in [-0.15, -0.1) is 6.58 Å². The Hall–Kier alpha value is -1.28. The molecule has 1 atom stereocenters. The van der Waals surface area contributed by atoms with Crippen LogP contribution < -0.4 is 4.90 Å². The van der Waals surface area contributed by atoms with Gasteiger partial charge in [0.1, 0.15) is 0 Å². The van der Waals surface area contributed by atoms with Crippen LogP contribution in [0.3, 0.4) is 0 Å². The summed E-state index contributed by atoms with van der Waals surface area (Å²) < 4.78 is 5.12. The third-order valence-corrected chi connectivity index (χ3v) is 2.73. The van der Waals surface area contributed by atoms with Crippen molar-refractivity contribution in [2.24, 2.45) is 0 Å². The minimum atomic E-state index is 0.375. The molecule has 0 N–H and O–H groups in total. The first-order valence-corrected chi connectivity index (χ1v) is 5.57. The van der Waals surface area contributed by atoms with E-state index in [0.717, 1.165) is 13.0 Å². The number of methoxy groups -OCH3 is 1. The van der Waals surface area contributed by atoms with Crippen molar-refractivity contribution in [1.82, 2.24) is 0 Å². The number of anilines is 1. The lowest BCUT2D eigenvalue weighted by Crippen LogP contribution is -2.09. The van der Waals surface area contributed by atoms with Crippen molar-refractivity contribution in [1.29, 1.82) is 0 Å². The molecule has 0 spiro atoms. The summed E-state index contributed by atoms with van der Waals surface area (Å²) in [5.74, 6) is 0.375. The lowest BCUT2D eigenvalue weighted by Gasteiger charge is -2.17. The van der Waals surface area contributed by atoms with E-state index in [1.165, 1.54) is 11.3 Å². The van der Waals surface area contributed by atoms with Crippen molar-refractivity contribution in [3.63, 3.8) is 0 Å². The fourth-order valence-electron chi connectivity index (χ4n) is 1.70. The minimum absolute atomic E-state index is 0.375. The minimum Gasteiger partial charge on any atom is -0.385 e. The molecule has 88 valence electrons. The van der Waals surface area contributed by atoms with Crippen LogP contribution in [0, 0.1) is 0 Å². The molecule has 0 radical (unpaired) electrons. The van der Waals surface area contributed by atoms with Crippen molar-refractivity contribution in [3.8, 4) is 0 Å². The molecule has 16 heavy (non-hydrogen) atoms. The molecule has 0 aliphatic rings. The molecule has 0 aliphatic heterocycles. The number of nitrogens with zero attached hydrogens (tertiary/aromatic N) is 1. The number of hydrogen-bond acceptors (Lipinski definition) is 2. The molecule has 1 rings (SSSR count). The lowest BCUT2D eigenvalue weighted by atomic mass is 9.96. The first-order chi connectivity index (χ1) is 7.69. The van der Waals surface area contributed by atoms with E-state index in [2.05, 4.69) is 49.8 Å². The van der Waals surface area contributed by atoms with Gasteiger partial charge in [-0.3, -0.25) is 0 Å². The summed E-state index contributed by atoms with van der Waals surface area (Å²) in [5.41, 5.74) is 2.53. The Balaban J connectivity index is 2.83. The van der Waals surface area contributed by atoms with E-state index in [0.29, 0.717) is 5.92 Å². The molecule has 1 unspecified atom stereocenters. The maximum Gasteiger partial charge on any atom is 0.0471 e. The third-order valence-electron chi connectivity index (χ3n) is 2.73. The van der Waals surface area contributed by atoms with Crippen LogP contribution in [0.4, 0.5) is 5.69 Å². The van der Waals surface area contributed by atoms with Gasteiger partial charge in [0.25, 0.3) is 0 Å². The molecule has 0 fully saturated rings. The molecule has 0 heterocycles. The van der Waals surface area contributed by atoms with Crippen LogP contribution in [0.5, 0.6) is 0 Å². The zero-order valence-electron chi connectivity index (χ0n) is 10.4.